The van der Waals surface area contributed by atoms with Crippen LogP contribution in [0.5, 0.6) is 0 Å². The fourth-order valence-electron chi connectivity index (χ4n) is 2.97. The average molecular weight is 382 g/mol. The van der Waals surface area contributed by atoms with Crippen LogP contribution in [0.1, 0.15) is 23.7 Å². The molecular formula is C17H18N8OS. The number of rotatable bonds is 4. The second-order valence-corrected chi connectivity index (χ2v) is 7.22. The fourth-order valence-corrected chi connectivity index (χ4v) is 3.63. The molecule has 4 aromatic rings. The number of aromatic nitrogens is 7. The molecule has 10 heteroatoms. The average Bonchev–Trinajstić information content (AvgIpc) is 3.36. The van der Waals surface area contributed by atoms with Gasteiger partial charge in [-0.15, -0.1) is 15.3 Å². The van der Waals surface area contributed by atoms with Gasteiger partial charge in [0.1, 0.15) is 16.7 Å². The van der Waals surface area contributed by atoms with Gasteiger partial charge in [-0.1, -0.05) is 34.7 Å². The summed E-state index contributed by atoms with van der Waals surface area (Å²) in [5.41, 5.74) is 8.17. The van der Waals surface area contributed by atoms with Crippen LogP contribution >= 0.6 is 11.3 Å². The molecule has 9 nitrogen and oxygen atoms in total. The predicted octanol–water partition coefficient (Wildman–Crippen LogP) is 1.79. The van der Waals surface area contributed by atoms with Gasteiger partial charge in [0.05, 0.1) is 17.4 Å². The molecule has 0 bridgehead atoms. The molecule has 3 heterocycles. The molecule has 1 aromatic carbocycles. The third-order valence-corrected chi connectivity index (χ3v) is 5.45. The van der Waals surface area contributed by atoms with Crippen LogP contribution in [-0.4, -0.2) is 34.6 Å². The van der Waals surface area contributed by atoms with E-state index in [-0.39, 0.29) is 11.6 Å². The molecule has 138 valence electrons. The van der Waals surface area contributed by atoms with Crippen LogP contribution in [0, 0.1) is 6.92 Å². The first-order valence-electron chi connectivity index (χ1n) is 8.32. The largest absolute Gasteiger partial charge is 0.374 e. The van der Waals surface area contributed by atoms with Crippen LogP contribution in [-0.2, 0) is 7.05 Å². The highest BCUT2D eigenvalue weighted by molar-refractivity contribution is 7.15. The Balaban J connectivity index is 1.77. The molecule has 0 unspecified atom stereocenters. The zero-order valence-electron chi connectivity index (χ0n) is 15.1. The van der Waals surface area contributed by atoms with E-state index in [9.17, 15) is 4.79 Å². The standard InChI is InChI=1S/C17H18N8OS/c1-10-14(16(26)25(23(10)3)12-7-5-4-6-8-12)13-9-24(22-19-13)11(2)15-20-21-17(18)27-15/h4-9,11H,1-3H3,(H2,18,21)/t11-/m0/s1. The molecule has 0 fully saturated rings. The van der Waals surface area contributed by atoms with Gasteiger partial charge in [-0.3, -0.25) is 9.48 Å². The molecule has 0 amide bonds. The van der Waals surface area contributed by atoms with Crippen molar-refractivity contribution >= 4 is 16.5 Å². The second-order valence-electron chi connectivity index (χ2n) is 6.17. The van der Waals surface area contributed by atoms with Crippen molar-refractivity contribution < 1.29 is 0 Å². The number of nitrogens with two attached hydrogens (primary N) is 1. The minimum Gasteiger partial charge on any atom is -0.374 e. The van der Waals surface area contributed by atoms with Crippen molar-refractivity contribution in [2.45, 2.75) is 19.9 Å². The predicted molar refractivity (Wildman–Crippen MR) is 103 cm³/mol. The smallest absolute Gasteiger partial charge is 0.281 e. The van der Waals surface area contributed by atoms with Crippen LogP contribution in [0.25, 0.3) is 16.9 Å². The molecule has 1 atom stereocenters. The van der Waals surface area contributed by atoms with Gasteiger partial charge in [0.15, 0.2) is 0 Å². The maximum absolute atomic E-state index is 13.1. The van der Waals surface area contributed by atoms with Crippen molar-refractivity contribution in [3.05, 3.63) is 57.6 Å². The molecule has 0 radical (unpaired) electrons. The lowest BCUT2D eigenvalue weighted by molar-refractivity contribution is 0.537. The summed E-state index contributed by atoms with van der Waals surface area (Å²) in [6.07, 6.45) is 1.75. The van der Waals surface area contributed by atoms with Crippen LogP contribution in [0.2, 0.25) is 0 Å². The van der Waals surface area contributed by atoms with Crippen LogP contribution in [0.3, 0.4) is 0 Å². The number of hydrogen-bond acceptors (Lipinski definition) is 7. The van der Waals surface area contributed by atoms with Gasteiger partial charge < -0.3 is 5.73 Å². The molecule has 3 aromatic heterocycles. The van der Waals surface area contributed by atoms with E-state index in [1.165, 1.54) is 11.3 Å². The first kappa shape index (κ1) is 17.2. The van der Waals surface area contributed by atoms with Crippen LogP contribution < -0.4 is 11.3 Å². The number of benzene rings is 1. The third-order valence-electron chi connectivity index (χ3n) is 4.53. The Labute approximate surface area is 158 Å². The number of nitrogens with zero attached hydrogens (tertiary/aromatic N) is 7. The van der Waals surface area contributed by atoms with E-state index in [0.717, 1.165) is 16.4 Å². The van der Waals surface area contributed by atoms with E-state index in [4.69, 9.17) is 5.73 Å². The zero-order chi connectivity index (χ0) is 19.1. The Hall–Kier alpha value is -3.27. The van der Waals surface area contributed by atoms with Crippen molar-refractivity contribution in [3.8, 4) is 16.9 Å². The SMILES string of the molecule is Cc1c(-c2cn([C@@H](C)c3nnc(N)s3)nn2)c(=O)n(-c2ccccc2)n1C. The highest BCUT2D eigenvalue weighted by Gasteiger charge is 2.22. The lowest BCUT2D eigenvalue weighted by atomic mass is 10.2. The lowest BCUT2D eigenvalue weighted by Gasteiger charge is -2.07. The minimum absolute atomic E-state index is 0.138. The van der Waals surface area contributed by atoms with Crippen LogP contribution in [0.4, 0.5) is 5.13 Å². The Kier molecular flexibility index (Phi) is 4.11. The maximum Gasteiger partial charge on any atom is 0.281 e. The normalized spacial score (nSPS) is 12.4. The summed E-state index contributed by atoms with van der Waals surface area (Å²) in [5.74, 6) is 0. The fraction of sp³-hybridized carbons (Fsp3) is 0.235. The highest BCUT2D eigenvalue weighted by atomic mass is 32.1. The van der Waals surface area contributed by atoms with E-state index in [2.05, 4.69) is 20.5 Å². The number of para-hydroxylation sites is 1. The Bertz CT molecular complexity index is 1150. The summed E-state index contributed by atoms with van der Waals surface area (Å²) in [7, 11) is 1.85. The quantitative estimate of drug-likeness (QED) is 0.576. The van der Waals surface area contributed by atoms with Gasteiger partial charge in [-0.2, -0.15) is 0 Å². The summed E-state index contributed by atoms with van der Waals surface area (Å²) >= 11 is 1.30. The molecule has 2 N–H and O–H groups in total. The van der Waals surface area contributed by atoms with E-state index in [1.54, 1.807) is 15.6 Å². The van der Waals surface area contributed by atoms with Gasteiger partial charge in [-0.05, 0) is 26.0 Å². The second kappa shape index (κ2) is 6.47. The molecule has 0 aliphatic heterocycles. The summed E-state index contributed by atoms with van der Waals surface area (Å²) < 4.78 is 5.10. The van der Waals surface area contributed by atoms with E-state index in [0.29, 0.717) is 16.4 Å². The van der Waals surface area contributed by atoms with Gasteiger partial charge in [0, 0.05) is 12.7 Å². The summed E-state index contributed by atoms with van der Waals surface area (Å²) in [5, 5.41) is 17.4. The third kappa shape index (κ3) is 2.83. The molecule has 0 aliphatic carbocycles. The Morgan fingerprint density at radius 2 is 1.89 bits per heavy atom. The molecule has 4 rings (SSSR count). The zero-order valence-corrected chi connectivity index (χ0v) is 15.9. The molecule has 0 saturated carbocycles. The summed E-state index contributed by atoms with van der Waals surface area (Å²) in [6.45, 7) is 3.82. The molecule has 27 heavy (non-hydrogen) atoms. The first-order chi connectivity index (χ1) is 13.0. The highest BCUT2D eigenvalue weighted by Crippen LogP contribution is 2.24. The maximum atomic E-state index is 13.1. The van der Waals surface area contributed by atoms with Gasteiger partial charge in [0.2, 0.25) is 5.13 Å². The van der Waals surface area contributed by atoms with E-state index < -0.39 is 0 Å². The Morgan fingerprint density at radius 3 is 2.56 bits per heavy atom. The van der Waals surface area contributed by atoms with Crippen molar-refractivity contribution in [1.29, 1.82) is 0 Å². The van der Waals surface area contributed by atoms with Crippen molar-refractivity contribution in [3.63, 3.8) is 0 Å². The van der Waals surface area contributed by atoms with E-state index in [1.807, 2.05) is 55.9 Å². The van der Waals surface area contributed by atoms with Gasteiger partial charge in [-0.25, -0.2) is 9.36 Å². The lowest BCUT2D eigenvalue weighted by Crippen LogP contribution is -2.20. The first-order valence-corrected chi connectivity index (χ1v) is 9.14. The van der Waals surface area contributed by atoms with Crippen molar-refractivity contribution in [1.82, 2.24) is 34.6 Å². The minimum atomic E-state index is -0.179. The van der Waals surface area contributed by atoms with Crippen molar-refractivity contribution in [2.24, 2.45) is 7.05 Å². The van der Waals surface area contributed by atoms with Gasteiger partial charge >= 0.3 is 0 Å². The molecule has 0 saturated heterocycles. The number of anilines is 1. The summed E-state index contributed by atoms with van der Waals surface area (Å²) in [6, 6.07) is 9.32. The summed E-state index contributed by atoms with van der Waals surface area (Å²) in [4.78, 5) is 13.1. The van der Waals surface area contributed by atoms with Gasteiger partial charge in [0.25, 0.3) is 5.56 Å². The van der Waals surface area contributed by atoms with Crippen LogP contribution in [0.15, 0.2) is 41.3 Å². The Morgan fingerprint density at radius 1 is 1.15 bits per heavy atom. The van der Waals surface area contributed by atoms with Crippen molar-refractivity contribution in [2.75, 3.05) is 5.73 Å². The molecule has 0 aliphatic rings. The monoisotopic (exact) mass is 382 g/mol. The number of hydrogen-bond donors (Lipinski definition) is 1. The van der Waals surface area contributed by atoms with E-state index >= 15 is 0 Å². The molecular weight excluding hydrogens is 364 g/mol. The topological polar surface area (TPSA) is 109 Å². The molecule has 0 spiro atoms. The number of nitrogen functional groups attached to an aromatic ring is 1.